The predicted octanol–water partition coefficient (Wildman–Crippen LogP) is 3.32. The largest absolute Gasteiger partial charge is 0.492 e. The van der Waals surface area contributed by atoms with Crippen molar-refractivity contribution >= 4 is 22.0 Å². The average molecular weight is 330 g/mol. The highest BCUT2D eigenvalue weighted by Crippen LogP contribution is 2.52. The fraction of sp³-hybridized carbons (Fsp3) is 0.462. The van der Waals surface area contributed by atoms with Crippen LogP contribution in [-0.4, -0.2) is 20.3 Å². The first kappa shape index (κ1) is 14.0. The Morgan fingerprint density at radius 3 is 2.42 bits per heavy atom. The molecule has 0 saturated heterocycles. The van der Waals surface area contributed by atoms with Crippen LogP contribution in [0, 0.1) is 5.82 Å². The maximum Gasteiger partial charge on any atom is 0.235 e. The zero-order chi connectivity index (χ0) is 14.0. The summed E-state index contributed by atoms with van der Waals surface area (Å²) in [7, 11) is 2.91. The van der Waals surface area contributed by atoms with Crippen LogP contribution in [0.25, 0.3) is 0 Å². The van der Waals surface area contributed by atoms with Crippen molar-refractivity contribution < 1.29 is 18.7 Å². The van der Waals surface area contributed by atoms with E-state index in [1.165, 1.54) is 26.4 Å². The lowest BCUT2D eigenvalue weighted by atomic mass is 9.71. The highest BCUT2D eigenvalue weighted by molar-refractivity contribution is 9.10. The Morgan fingerprint density at radius 1 is 1.37 bits per heavy atom. The summed E-state index contributed by atoms with van der Waals surface area (Å²) in [6.45, 7) is 0. The summed E-state index contributed by atoms with van der Waals surface area (Å²) in [6.07, 6.45) is 3.62. The second-order valence-electron chi connectivity index (χ2n) is 4.37. The molecule has 1 aliphatic rings. The number of benzene rings is 1. The van der Waals surface area contributed by atoms with Gasteiger partial charge < -0.3 is 9.47 Å². The Kier molecular flexibility index (Phi) is 3.92. The molecule has 1 aromatic rings. The second kappa shape index (κ2) is 5.31. The van der Waals surface area contributed by atoms with E-state index in [0.717, 1.165) is 6.42 Å². The summed E-state index contributed by atoms with van der Waals surface area (Å²) in [6, 6.07) is 1.30. The first-order valence-corrected chi connectivity index (χ1v) is 6.58. The molecule has 0 N–H and O–H groups in total. The molecule has 1 fully saturated rings. The summed E-state index contributed by atoms with van der Waals surface area (Å²) in [4.78, 5) is 14.4. The maximum atomic E-state index is 14.3. The zero-order valence-corrected chi connectivity index (χ0v) is 12.2. The Balaban J connectivity index is 2.71. The molecule has 1 aromatic carbocycles. The van der Waals surface area contributed by atoms with Gasteiger partial charge in [0, 0.05) is 0 Å². The number of carbonyl (C=O) groups excluding carboxylic acids is 1. The summed E-state index contributed by atoms with van der Waals surface area (Å²) >= 11 is 3.23. The molecule has 0 unspecified atom stereocenters. The van der Waals surface area contributed by atoms with Crippen molar-refractivity contribution in [3.05, 3.63) is 21.9 Å². The lowest BCUT2D eigenvalue weighted by Gasteiger charge is -2.38. The molecule has 4 nitrogen and oxygen atoms in total. The number of isocyanates is 1. The van der Waals surface area contributed by atoms with Crippen LogP contribution >= 0.6 is 15.9 Å². The van der Waals surface area contributed by atoms with E-state index in [-0.39, 0.29) is 11.3 Å². The van der Waals surface area contributed by atoms with E-state index in [4.69, 9.17) is 9.47 Å². The van der Waals surface area contributed by atoms with Gasteiger partial charge in [0.05, 0.1) is 24.3 Å². The predicted molar refractivity (Wildman–Crippen MR) is 70.9 cm³/mol. The van der Waals surface area contributed by atoms with Gasteiger partial charge in [-0.3, -0.25) is 0 Å². The normalized spacial score (nSPS) is 16.2. The Morgan fingerprint density at radius 2 is 2.00 bits per heavy atom. The molecular formula is C13H13BrFNO3. The van der Waals surface area contributed by atoms with Gasteiger partial charge in [0.2, 0.25) is 6.08 Å². The minimum Gasteiger partial charge on any atom is -0.492 e. The number of ether oxygens (including phenoxy) is 2. The number of methoxy groups -OCH3 is 2. The minimum absolute atomic E-state index is 0.268. The molecule has 6 heteroatoms. The van der Waals surface area contributed by atoms with Gasteiger partial charge in [-0.05, 0) is 41.3 Å². The van der Waals surface area contributed by atoms with Crippen LogP contribution in [0.2, 0.25) is 0 Å². The Bertz CT molecular complexity index is 551. The van der Waals surface area contributed by atoms with Crippen molar-refractivity contribution in [2.24, 2.45) is 4.99 Å². The smallest absolute Gasteiger partial charge is 0.235 e. The summed E-state index contributed by atoms with van der Waals surface area (Å²) in [5.74, 6) is 0.197. The molecule has 1 saturated carbocycles. The topological polar surface area (TPSA) is 47.9 Å². The third kappa shape index (κ3) is 2.15. The molecule has 0 aliphatic heterocycles. The van der Waals surface area contributed by atoms with Crippen LogP contribution in [0.5, 0.6) is 11.5 Å². The number of rotatable bonds is 4. The molecule has 0 aromatic heterocycles. The van der Waals surface area contributed by atoms with E-state index < -0.39 is 11.4 Å². The molecule has 0 atom stereocenters. The van der Waals surface area contributed by atoms with Gasteiger partial charge in [0.15, 0.2) is 11.5 Å². The van der Waals surface area contributed by atoms with Crippen LogP contribution < -0.4 is 9.47 Å². The first-order chi connectivity index (χ1) is 9.09. The maximum absolute atomic E-state index is 14.3. The monoisotopic (exact) mass is 329 g/mol. The fourth-order valence-corrected chi connectivity index (χ4v) is 2.96. The van der Waals surface area contributed by atoms with Gasteiger partial charge in [-0.15, -0.1) is 0 Å². The van der Waals surface area contributed by atoms with Crippen molar-refractivity contribution in [3.63, 3.8) is 0 Å². The van der Waals surface area contributed by atoms with Crippen molar-refractivity contribution in [1.29, 1.82) is 0 Å². The van der Waals surface area contributed by atoms with Crippen LogP contribution in [-0.2, 0) is 10.3 Å². The van der Waals surface area contributed by atoms with E-state index >= 15 is 0 Å². The number of nitrogens with zero attached hydrogens (tertiary/aromatic N) is 1. The summed E-state index contributed by atoms with van der Waals surface area (Å²) in [5, 5.41) is 0. The standard InChI is InChI=1S/C13H13BrFNO3/c1-18-11-8(14)6-9(15)10(12(11)19-2)13(16-7-17)4-3-5-13/h6H,3-5H2,1-2H3. The quantitative estimate of drug-likeness (QED) is 0.628. The molecule has 0 amide bonds. The van der Waals surface area contributed by atoms with Gasteiger partial charge in [-0.1, -0.05) is 0 Å². The lowest BCUT2D eigenvalue weighted by molar-refractivity contribution is 0.233. The molecule has 0 bridgehead atoms. The van der Waals surface area contributed by atoms with Gasteiger partial charge in [-0.2, -0.15) is 4.99 Å². The minimum atomic E-state index is -0.870. The van der Waals surface area contributed by atoms with E-state index in [0.29, 0.717) is 23.1 Å². The van der Waals surface area contributed by atoms with Crippen LogP contribution in [0.4, 0.5) is 4.39 Å². The Hall–Kier alpha value is -1.39. The third-order valence-electron chi connectivity index (χ3n) is 3.46. The van der Waals surface area contributed by atoms with E-state index in [9.17, 15) is 9.18 Å². The molecule has 0 spiro atoms. The van der Waals surface area contributed by atoms with Crippen LogP contribution in [0.1, 0.15) is 24.8 Å². The zero-order valence-electron chi connectivity index (χ0n) is 10.6. The SMILES string of the molecule is COc1c(Br)cc(F)c(C2(N=C=O)CCC2)c1OC. The summed E-state index contributed by atoms with van der Waals surface area (Å²) < 4.78 is 25.3. The van der Waals surface area contributed by atoms with E-state index in [1.54, 1.807) is 0 Å². The van der Waals surface area contributed by atoms with Crippen molar-refractivity contribution in [1.82, 2.24) is 0 Å². The number of aliphatic imine (C=N–C) groups is 1. The van der Waals surface area contributed by atoms with E-state index in [2.05, 4.69) is 20.9 Å². The first-order valence-electron chi connectivity index (χ1n) is 5.79. The fourth-order valence-electron chi connectivity index (χ4n) is 2.41. The summed E-state index contributed by atoms with van der Waals surface area (Å²) in [5.41, 5.74) is -0.602. The number of hydrogen-bond acceptors (Lipinski definition) is 4. The Labute approximate surface area is 118 Å². The molecule has 2 rings (SSSR count). The van der Waals surface area contributed by atoms with Crippen molar-refractivity contribution in [2.45, 2.75) is 24.8 Å². The molecule has 1 aliphatic carbocycles. The van der Waals surface area contributed by atoms with E-state index in [1.807, 2.05) is 0 Å². The number of hydrogen-bond donors (Lipinski definition) is 0. The molecule has 19 heavy (non-hydrogen) atoms. The van der Waals surface area contributed by atoms with Crippen molar-refractivity contribution in [2.75, 3.05) is 14.2 Å². The third-order valence-corrected chi connectivity index (χ3v) is 4.05. The molecular weight excluding hydrogens is 317 g/mol. The van der Waals surface area contributed by atoms with Crippen LogP contribution in [0.3, 0.4) is 0 Å². The average Bonchev–Trinajstić information content (AvgIpc) is 2.33. The van der Waals surface area contributed by atoms with Gasteiger partial charge in [-0.25, -0.2) is 9.18 Å². The van der Waals surface area contributed by atoms with Crippen molar-refractivity contribution in [3.8, 4) is 11.5 Å². The number of halogens is 2. The van der Waals surface area contributed by atoms with Gasteiger partial charge >= 0.3 is 0 Å². The molecule has 0 heterocycles. The molecule has 102 valence electrons. The second-order valence-corrected chi connectivity index (χ2v) is 5.22. The van der Waals surface area contributed by atoms with Crippen LogP contribution in [0.15, 0.2) is 15.5 Å². The highest BCUT2D eigenvalue weighted by atomic mass is 79.9. The van der Waals surface area contributed by atoms with Gasteiger partial charge in [0.1, 0.15) is 11.4 Å². The van der Waals surface area contributed by atoms with Gasteiger partial charge in [0.25, 0.3) is 0 Å². The highest BCUT2D eigenvalue weighted by Gasteiger charge is 2.44. The lowest BCUT2D eigenvalue weighted by Crippen LogP contribution is -2.33. The molecule has 0 radical (unpaired) electrons.